The van der Waals surface area contributed by atoms with Crippen LogP contribution in [0.4, 0.5) is 8.78 Å². The molecule has 80 valence electrons. The highest BCUT2D eigenvalue weighted by Crippen LogP contribution is 2.32. The molecule has 4 heteroatoms. The Labute approximate surface area is 82.3 Å². The molecule has 1 heterocycles. The third-order valence-corrected chi connectivity index (χ3v) is 3.11. The van der Waals surface area contributed by atoms with Crippen LogP contribution in [0.2, 0.25) is 0 Å². The number of alkyl halides is 2. The first-order valence-electron chi connectivity index (χ1n) is 5.25. The first kappa shape index (κ1) is 9.87. The van der Waals surface area contributed by atoms with Gasteiger partial charge in [0.15, 0.2) is 0 Å². The highest BCUT2D eigenvalue weighted by atomic mass is 19.3. The van der Waals surface area contributed by atoms with Crippen molar-refractivity contribution in [1.29, 1.82) is 0 Å². The predicted octanol–water partition coefficient (Wildman–Crippen LogP) is 2.04. The van der Waals surface area contributed by atoms with E-state index in [2.05, 4.69) is 0 Å². The molecule has 0 N–H and O–H groups in total. The molecule has 0 unspecified atom stereocenters. The van der Waals surface area contributed by atoms with Crippen molar-refractivity contribution in [1.82, 2.24) is 4.90 Å². The SMILES string of the molecule is O=C(C1CCCCC1)N1CC(F)(F)C1. The van der Waals surface area contributed by atoms with Crippen LogP contribution in [0.25, 0.3) is 0 Å². The zero-order valence-corrected chi connectivity index (χ0v) is 8.14. The topological polar surface area (TPSA) is 20.3 Å². The first-order valence-corrected chi connectivity index (χ1v) is 5.25. The number of carbonyl (C=O) groups excluding carboxylic acids is 1. The van der Waals surface area contributed by atoms with Gasteiger partial charge >= 0.3 is 0 Å². The third kappa shape index (κ3) is 1.88. The predicted molar refractivity (Wildman–Crippen MR) is 48.1 cm³/mol. The Hall–Kier alpha value is -0.670. The summed E-state index contributed by atoms with van der Waals surface area (Å²) >= 11 is 0. The van der Waals surface area contributed by atoms with Gasteiger partial charge in [0.05, 0.1) is 13.1 Å². The fourth-order valence-electron chi connectivity index (χ4n) is 2.28. The van der Waals surface area contributed by atoms with Crippen molar-refractivity contribution in [2.45, 2.75) is 38.0 Å². The van der Waals surface area contributed by atoms with Crippen molar-refractivity contribution in [3.05, 3.63) is 0 Å². The molecule has 2 nitrogen and oxygen atoms in total. The summed E-state index contributed by atoms with van der Waals surface area (Å²) in [6, 6.07) is 0. The molecule has 14 heavy (non-hydrogen) atoms. The average Bonchev–Trinajstić information content (AvgIpc) is 2.14. The molecule has 1 saturated heterocycles. The van der Waals surface area contributed by atoms with Crippen molar-refractivity contribution in [2.75, 3.05) is 13.1 Å². The van der Waals surface area contributed by atoms with Crippen LogP contribution in [-0.4, -0.2) is 29.8 Å². The quantitative estimate of drug-likeness (QED) is 0.638. The number of nitrogens with zero attached hydrogens (tertiary/aromatic N) is 1. The van der Waals surface area contributed by atoms with Gasteiger partial charge in [-0.3, -0.25) is 4.79 Å². The van der Waals surface area contributed by atoms with Crippen LogP contribution in [0.3, 0.4) is 0 Å². The largest absolute Gasteiger partial charge is 0.330 e. The fourth-order valence-corrected chi connectivity index (χ4v) is 2.28. The van der Waals surface area contributed by atoms with Gasteiger partial charge < -0.3 is 4.90 Å². The van der Waals surface area contributed by atoms with Crippen molar-refractivity contribution in [2.24, 2.45) is 5.92 Å². The molecule has 0 aromatic heterocycles. The Morgan fingerprint density at radius 2 is 1.71 bits per heavy atom. The van der Waals surface area contributed by atoms with E-state index in [1.54, 1.807) is 0 Å². The Morgan fingerprint density at radius 3 is 2.21 bits per heavy atom. The van der Waals surface area contributed by atoms with Gasteiger partial charge in [-0.05, 0) is 12.8 Å². The molecule has 1 aliphatic carbocycles. The lowest BCUT2D eigenvalue weighted by Gasteiger charge is -2.41. The lowest BCUT2D eigenvalue weighted by atomic mass is 9.87. The Bertz CT molecular complexity index is 228. The van der Waals surface area contributed by atoms with Crippen LogP contribution in [0.15, 0.2) is 0 Å². The van der Waals surface area contributed by atoms with Gasteiger partial charge in [0, 0.05) is 5.92 Å². The molecule has 0 radical (unpaired) electrons. The van der Waals surface area contributed by atoms with Gasteiger partial charge in [-0.25, -0.2) is 8.78 Å². The van der Waals surface area contributed by atoms with E-state index in [-0.39, 0.29) is 24.9 Å². The number of rotatable bonds is 1. The zero-order valence-electron chi connectivity index (χ0n) is 8.14. The molecule has 2 aliphatic rings. The van der Waals surface area contributed by atoms with Crippen LogP contribution in [0.1, 0.15) is 32.1 Å². The van der Waals surface area contributed by atoms with E-state index in [0.717, 1.165) is 25.7 Å². The summed E-state index contributed by atoms with van der Waals surface area (Å²) < 4.78 is 25.0. The van der Waals surface area contributed by atoms with Gasteiger partial charge in [0.2, 0.25) is 5.91 Å². The summed E-state index contributed by atoms with van der Waals surface area (Å²) in [5.74, 6) is -2.64. The van der Waals surface area contributed by atoms with E-state index in [9.17, 15) is 13.6 Å². The van der Waals surface area contributed by atoms with E-state index >= 15 is 0 Å². The molecule has 0 aromatic rings. The molecule has 0 spiro atoms. The second-order valence-electron chi connectivity index (χ2n) is 4.39. The molecule has 2 rings (SSSR count). The fraction of sp³-hybridized carbons (Fsp3) is 0.900. The van der Waals surface area contributed by atoms with E-state index in [0.29, 0.717) is 0 Å². The highest BCUT2D eigenvalue weighted by Gasteiger charge is 2.47. The van der Waals surface area contributed by atoms with E-state index in [1.165, 1.54) is 11.3 Å². The Morgan fingerprint density at radius 1 is 1.14 bits per heavy atom. The first-order chi connectivity index (χ1) is 6.58. The third-order valence-electron chi connectivity index (χ3n) is 3.11. The molecular formula is C10H15F2NO. The molecule has 0 aromatic carbocycles. The number of carbonyl (C=O) groups is 1. The summed E-state index contributed by atoms with van der Waals surface area (Å²) in [5.41, 5.74) is 0. The molecular weight excluding hydrogens is 188 g/mol. The van der Waals surface area contributed by atoms with Gasteiger partial charge in [0.25, 0.3) is 5.92 Å². The number of hydrogen-bond donors (Lipinski definition) is 0. The summed E-state index contributed by atoms with van der Waals surface area (Å²) in [5, 5.41) is 0. The lowest BCUT2D eigenvalue weighted by Crippen LogP contribution is -2.59. The van der Waals surface area contributed by atoms with E-state index < -0.39 is 5.92 Å². The van der Waals surface area contributed by atoms with Gasteiger partial charge in [-0.1, -0.05) is 19.3 Å². The average molecular weight is 203 g/mol. The Balaban J connectivity index is 1.84. The summed E-state index contributed by atoms with van der Waals surface area (Å²) in [4.78, 5) is 13.0. The van der Waals surface area contributed by atoms with Crippen molar-refractivity contribution >= 4 is 5.91 Å². The van der Waals surface area contributed by atoms with Crippen molar-refractivity contribution < 1.29 is 13.6 Å². The smallest absolute Gasteiger partial charge is 0.282 e. The van der Waals surface area contributed by atoms with Crippen LogP contribution in [0, 0.1) is 5.92 Å². The molecule has 0 atom stereocenters. The number of likely N-dealkylation sites (tertiary alicyclic amines) is 1. The minimum absolute atomic E-state index is 0.0276. The lowest BCUT2D eigenvalue weighted by molar-refractivity contribution is -0.170. The molecule has 1 amide bonds. The van der Waals surface area contributed by atoms with Crippen LogP contribution in [-0.2, 0) is 4.79 Å². The minimum atomic E-state index is -2.62. The standard InChI is InChI=1S/C10H15F2NO/c11-10(12)6-13(7-10)9(14)8-4-2-1-3-5-8/h8H,1-7H2. The maximum absolute atomic E-state index is 12.5. The molecule has 1 aliphatic heterocycles. The van der Waals surface area contributed by atoms with Crippen molar-refractivity contribution in [3.63, 3.8) is 0 Å². The number of halogens is 2. The monoisotopic (exact) mass is 203 g/mol. The summed E-state index contributed by atoms with van der Waals surface area (Å²) in [7, 11) is 0. The van der Waals surface area contributed by atoms with E-state index in [1.807, 2.05) is 0 Å². The van der Waals surface area contributed by atoms with Gasteiger partial charge in [0.1, 0.15) is 0 Å². The van der Waals surface area contributed by atoms with Crippen LogP contribution in [0.5, 0.6) is 0 Å². The van der Waals surface area contributed by atoms with Gasteiger partial charge in [-0.2, -0.15) is 0 Å². The Kier molecular flexibility index (Phi) is 2.45. The minimum Gasteiger partial charge on any atom is -0.330 e. The molecule has 0 bridgehead atoms. The number of hydrogen-bond acceptors (Lipinski definition) is 1. The molecule has 2 fully saturated rings. The second-order valence-corrected chi connectivity index (χ2v) is 4.39. The maximum atomic E-state index is 12.5. The van der Waals surface area contributed by atoms with Crippen LogP contribution < -0.4 is 0 Å². The van der Waals surface area contributed by atoms with Crippen LogP contribution >= 0.6 is 0 Å². The highest BCUT2D eigenvalue weighted by molar-refractivity contribution is 5.80. The molecule has 1 saturated carbocycles. The normalized spacial score (nSPS) is 27.1. The van der Waals surface area contributed by atoms with Gasteiger partial charge in [-0.15, -0.1) is 0 Å². The summed E-state index contributed by atoms with van der Waals surface area (Å²) in [6.45, 7) is -0.718. The summed E-state index contributed by atoms with van der Waals surface area (Å²) in [6.07, 6.45) is 5.10. The number of amides is 1. The maximum Gasteiger partial charge on any atom is 0.282 e. The second kappa shape index (κ2) is 3.48. The zero-order chi connectivity index (χ0) is 10.2. The van der Waals surface area contributed by atoms with E-state index in [4.69, 9.17) is 0 Å². The van der Waals surface area contributed by atoms with Crippen molar-refractivity contribution in [3.8, 4) is 0 Å².